The Labute approximate surface area is 132 Å². The molecule has 0 aromatic carbocycles. The Bertz CT molecular complexity index is 740. The fourth-order valence-corrected chi connectivity index (χ4v) is 2.56. The van der Waals surface area contributed by atoms with E-state index >= 15 is 0 Å². The highest BCUT2D eigenvalue weighted by molar-refractivity contribution is 5.96. The van der Waals surface area contributed by atoms with E-state index in [1.54, 1.807) is 4.90 Å². The maximum atomic E-state index is 12.8. The Balaban J connectivity index is 1.89. The normalized spacial score (nSPS) is 18.0. The number of pyridine rings is 1. The van der Waals surface area contributed by atoms with Crippen LogP contribution in [0.1, 0.15) is 38.4 Å². The van der Waals surface area contributed by atoms with Gasteiger partial charge in [-0.1, -0.05) is 0 Å². The lowest BCUT2D eigenvalue weighted by molar-refractivity contribution is -0.00895. The second-order valence-electron chi connectivity index (χ2n) is 5.27. The van der Waals surface area contributed by atoms with Crippen LogP contribution in [0.4, 0.5) is 0 Å². The minimum Gasteiger partial charge on any atom is -0.477 e. The van der Waals surface area contributed by atoms with Crippen LogP contribution in [-0.2, 0) is 4.74 Å². The molecule has 1 saturated heterocycles. The van der Waals surface area contributed by atoms with E-state index in [0.29, 0.717) is 25.5 Å². The zero-order chi connectivity index (χ0) is 16.4. The Kier molecular flexibility index (Phi) is 4.12. The molecule has 1 N–H and O–H groups in total. The van der Waals surface area contributed by atoms with Gasteiger partial charge in [0.15, 0.2) is 0 Å². The molecule has 2 aromatic heterocycles. The Morgan fingerprint density at radius 3 is 2.87 bits per heavy atom. The number of aryl methyl sites for hydroxylation is 1. The zero-order valence-corrected chi connectivity index (χ0v) is 12.6. The van der Waals surface area contributed by atoms with Crippen molar-refractivity contribution in [1.29, 1.82) is 0 Å². The van der Waals surface area contributed by atoms with E-state index < -0.39 is 5.97 Å². The number of rotatable bonds is 3. The first-order valence-electron chi connectivity index (χ1n) is 7.20. The summed E-state index contributed by atoms with van der Waals surface area (Å²) in [4.78, 5) is 29.2. The van der Waals surface area contributed by atoms with Gasteiger partial charge in [0.05, 0.1) is 13.2 Å². The smallest absolute Gasteiger partial charge is 0.354 e. The van der Waals surface area contributed by atoms with Gasteiger partial charge >= 0.3 is 5.97 Å². The molecule has 1 aliphatic rings. The molecule has 0 aliphatic carbocycles. The topological polar surface area (TPSA) is 92.9 Å². The minimum absolute atomic E-state index is 0.158. The molecule has 0 radical (unpaired) electrons. The van der Waals surface area contributed by atoms with Crippen LogP contribution in [0.2, 0.25) is 0 Å². The Morgan fingerprint density at radius 2 is 2.17 bits per heavy atom. The molecule has 0 spiro atoms. The Morgan fingerprint density at radius 1 is 1.35 bits per heavy atom. The monoisotopic (exact) mass is 316 g/mol. The first-order valence-corrected chi connectivity index (χ1v) is 7.20. The summed E-state index contributed by atoms with van der Waals surface area (Å²) < 4.78 is 11.1. The van der Waals surface area contributed by atoms with Crippen LogP contribution in [0.3, 0.4) is 0 Å². The third kappa shape index (κ3) is 3.09. The number of furan rings is 1. The van der Waals surface area contributed by atoms with Crippen LogP contribution < -0.4 is 0 Å². The average Bonchev–Trinajstić information content (AvgIpc) is 3.00. The van der Waals surface area contributed by atoms with Crippen molar-refractivity contribution in [2.24, 2.45) is 0 Å². The highest BCUT2D eigenvalue weighted by Crippen LogP contribution is 2.27. The molecule has 120 valence electrons. The van der Waals surface area contributed by atoms with Crippen molar-refractivity contribution in [2.75, 3.05) is 19.8 Å². The largest absolute Gasteiger partial charge is 0.477 e. The van der Waals surface area contributed by atoms with Gasteiger partial charge in [-0.15, -0.1) is 0 Å². The molecule has 7 heteroatoms. The van der Waals surface area contributed by atoms with Crippen LogP contribution >= 0.6 is 0 Å². The van der Waals surface area contributed by atoms with Crippen molar-refractivity contribution in [1.82, 2.24) is 9.88 Å². The van der Waals surface area contributed by atoms with Crippen molar-refractivity contribution in [3.8, 4) is 0 Å². The van der Waals surface area contributed by atoms with Gasteiger partial charge in [0.1, 0.15) is 23.3 Å². The summed E-state index contributed by atoms with van der Waals surface area (Å²) in [5.74, 6) is -0.0183. The second kappa shape index (κ2) is 6.21. The summed E-state index contributed by atoms with van der Waals surface area (Å²) in [5, 5.41) is 9.01. The molecule has 2 aromatic rings. The van der Waals surface area contributed by atoms with Gasteiger partial charge in [0.25, 0.3) is 5.91 Å². The number of aromatic nitrogens is 1. The van der Waals surface area contributed by atoms with E-state index in [4.69, 9.17) is 14.3 Å². The number of carboxylic acids is 1. The van der Waals surface area contributed by atoms with Crippen molar-refractivity contribution < 1.29 is 23.8 Å². The molecular formula is C16H16N2O5. The molecule has 0 saturated carbocycles. The fraction of sp³-hybridized carbons (Fsp3) is 0.312. The number of nitrogens with zero attached hydrogens (tertiary/aromatic N) is 2. The standard InChI is InChI=1S/C16H16N2O5/c1-10-2-3-14(23-10)13-9-22-7-6-18(13)15(19)11-4-5-17-12(8-11)16(20)21/h2-5,8,13H,6-7,9H2,1H3,(H,20,21). The third-order valence-corrected chi connectivity index (χ3v) is 3.70. The molecule has 1 aliphatic heterocycles. The summed E-state index contributed by atoms with van der Waals surface area (Å²) in [7, 11) is 0. The summed E-state index contributed by atoms with van der Waals surface area (Å²) in [5.41, 5.74) is 0.127. The first kappa shape index (κ1) is 15.2. The molecule has 1 atom stereocenters. The lowest BCUT2D eigenvalue weighted by Crippen LogP contribution is -2.43. The van der Waals surface area contributed by atoms with E-state index in [9.17, 15) is 9.59 Å². The SMILES string of the molecule is Cc1ccc(C2COCCN2C(=O)c2ccnc(C(=O)O)c2)o1. The van der Waals surface area contributed by atoms with Crippen molar-refractivity contribution in [3.63, 3.8) is 0 Å². The Hall–Kier alpha value is -2.67. The summed E-state index contributed by atoms with van der Waals surface area (Å²) in [6.07, 6.45) is 1.32. The lowest BCUT2D eigenvalue weighted by atomic mass is 10.1. The van der Waals surface area contributed by atoms with Gasteiger partial charge in [-0.05, 0) is 31.2 Å². The van der Waals surface area contributed by atoms with Crippen molar-refractivity contribution in [2.45, 2.75) is 13.0 Å². The average molecular weight is 316 g/mol. The predicted molar refractivity (Wildman–Crippen MR) is 79.2 cm³/mol. The number of aromatic carboxylic acids is 1. The molecule has 23 heavy (non-hydrogen) atoms. The number of carbonyl (C=O) groups is 2. The molecule has 1 unspecified atom stereocenters. The van der Waals surface area contributed by atoms with Crippen LogP contribution in [0.15, 0.2) is 34.9 Å². The fourth-order valence-electron chi connectivity index (χ4n) is 2.56. The molecule has 0 bridgehead atoms. The van der Waals surface area contributed by atoms with E-state index in [-0.39, 0.29) is 23.2 Å². The van der Waals surface area contributed by atoms with Gasteiger partial charge in [-0.25, -0.2) is 9.78 Å². The van der Waals surface area contributed by atoms with E-state index in [1.807, 2.05) is 19.1 Å². The highest BCUT2D eigenvalue weighted by atomic mass is 16.5. The molecule has 7 nitrogen and oxygen atoms in total. The van der Waals surface area contributed by atoms with Crippen molar-refractivity contribution >= 4 is 11.9 Å². The number of amides is 1. The number of morpholine rings is 1. The molecule has 1 fully saturated rings. The van der Waals surface area contributed by atoms with Gasteiger partial charge in [-0.3, -0.25) is 4.79 Å². The van der Waals surface area contributed by atoms with Crippen LogP contribution in [0, 0.1) is 6.92 Å². The van der Waals surface area contributed by atoms with Crippen LogP contribution in [0.5, 0.6) is 0 Å². The minimum atomic E-state index is -1.17. The maximum absolute atomic E-state index is 12.8. The van der Waals surface area contributed by atoms with Crippen LogP contribution in [-0.4, -0.2) is 46.6 Å². The predicted octanol–water partition coefficient (Wildman–Crippen LogP) is 1.89. The number of carbonyl (C=O) groups excluding carboxylic acids is 1. The molecule has 3 rings (SSSR count). The number of hydrogen-bond donors (Lipinski definition) is 1. The number of carboxylic acid groups (broad SMARTS) is 1. The van der Waals surface area contributed by atoms with E-state index in [1.165, 1.54) is 18.3 Å². The number of ether oxygens (including phenoxy) is 1. The second-order valence-corrected chi connectivity index (χ2v) is 5.27. The zero-order valence-electron chi connectivity index (χ0n) is 12.6. The highest BCUT2D eigenvalue weighted by Gasteiger charge is 2.31. The quantitative estimate of drug-likeness (QED) is 0.929. The van der Waals surface area contributed by atoms with Gasteiger partial charge < -0.3 is 19.2 Å². The molecule has 1 amide bonds. The van der Waals surface area contributed by atoms with Gasteiger partial charge in [0, 0.05) is 18.3 Å². The van der Waals surface area contributed by atoms with Crippen LogP contribution in [0.25, 0.3) is 0 Å². The number of hydrogen-bond acceptors (Lipinski definition) is 5. The summed E-state index contributed by atoms with van der Waals surface area (Å²) in [6, 6.07) is 6.12. The van der Waals surface area contributed by atoms with Gasteiger partial charge in [-0.2, -0.15) is 0 Å². The maximum Gasteiger partial charge on any atom is 0.354 e. The third-order valence-electron chi connectivity index (χ3n) is 3.70. The van der Waals surface area contributed by atoms with Gasteiger partial charge in [0.2, 0.25) is 0 Å². The molecule has 3 heterocycles. The summed E-state index contributed by atoms with van der Waals surface area (Å²) >= 11 is 0. The van der Waals surface area contributed by atoms with E-state index in [0.717, 1.165) is 5.76 Å². The molecular weight excluding hydrogens is 300 g/mol. The summed E-state index contributed by atoms with van der Waals surface area (Å²) in [6.45, 7) is 3.02. The first-order chi connectivity index (χ1) is 11.1. The van der Waals surface area contributed by atoms with E-state index in [2.05, 4.69) is 4.98 Å². The lowest BCUT2D eigenvalue weighted by Gasteiger charge is -2.34. The van der Waals surface area contributed by atoms with Crippen molar-refractivity contribution in [3.05, 3.63) is 53.2 Å².